The zero-order valence-electron chi connectivity index (χ0n) is 9.92. The number of hydrogen-bond acceptors (Lipinski definition) is 3. The van der Waals surface area contributed by atoms with E-state index in [0.29, 0.717) is 5.69 Å². The molecule has 19 heavy (non-hydrogen) atoms. The molecule has 6 nitrogen and oxygen atoms in total. The van der Waals surface area contributed by atoms with E-state index < -0.39 is 17.7 Å². The van der Waals surface area contributed by atoms with Gasteiger partial charge in [-0.05, 0) is 24.3 Å². The number of anilines is 1. The molecule has 7 heteroatoms. The summed E-state index contributed by atoms with van der Waals surface area (Å²) >= 11 is 0. The lowest BCUT2D eigenvalue weighted by Gasteiger charge is -2.06. The molecule has 0 fully saturated rings. The lowest BCUT2D eigenvalue weighted by atomic mass is 10.2. The minimum absolute atomic E-state index is 0.0724. The van der Waals surface area contributed by atoms with Crippen LogP contribution in [0.15, 0.2) is 30.5 Å². The van der Waals surface area contributed by atoms with Crippen molar-refractivity contribution in [1.82, 2.24) is 9.78 Å². The molecule has 2 rings (SSSR count). The normalized spacial score (nSPS) is 10.2. The molecule has 0 bridgehead atoms. The monoisotopic (exact) mass is 263 g/mol. The maximum atomic E-state index is 12.7. The summed E-state index contributed by atoms with van der Waals surface area (Å²) in [4.78, 5) is 22.9. The summed E-state index contributed by atoms with van der Waals surface area (Å²) in [5.41, 5.74) is 0.0999. The number of aryl methyl sites for hydroxylation is 1. The first-order valence-electron chi connectivity index (χ1n) is 5.31. The van der Waals surface area contributed by atoms with Crippen LogP contribution in [0.3, 0.4) is 0 Å². The van der Waals surface area contributed by atoms with E-state index in [-0.39, 0.29) is 11.3 Å². The highest BCUT2D eigenvalue weighted by Crippen LogP contribution is 2.13. The van der Waals surface area contributed by atoms with Crippen molar-refractivity contribution in [2.75, 3.05) is 5.32 Å². The second-order valence-electron chi connectivity index (χ2n) is 3.80. The topological polar surface area (TPSA) is 84.2 Å². The second kappa shape index (κ2) is 4.89. The highest BCUT2D eigenvalue weighted by atomic mass is 19.1. The number of aromatic carboxylic acids is 1. The van der Waals surface area contributed by atoms with E-state index in [1.807, 2.05) is 0 Å². The lowest BCUT2D eigenvalue weighted by molar-refractivity contribution is 0.0692. The van der Waals surface area contributed by atoms with Crippen molar-refractivity contribution < 1.29 is 19.1 Å². The van der Waals surface area contributed by atoms with E-state index in [1.165, 1.54) is 36.0 Å². The summed E-state index contributed by atoms with van der Waals surface area (Å²) in [5.74, 6) is -2.29. The Morgan fingerprint density at radius 2 is 1.95 bits per heavy atom. The Morgan fingerprint density at radius 3 is 2.53 bits per heavy atom. The van der Waals surface area contributed by atoms with Gasteiger partial charge in [-0.2, -0.15) is 5.10 Å². The van der Waals surface area contributed by atoms with E-state index in [4.69, 9.17) is 5.11 Å². The fourth-order valence-electron chi connectivity index (χ4n) is 1.59. The molecule has 0 unspecified atom stereocenters. The predicted octanol–water partition coefficient (Wildman–Crippen LogP) is 1.51. The second-order valence-corrected chi connectivity index (χ2v) is 3.80. The Labute approximate surface area is 107 Å². The fraction of sp³-hybridized carbons (Fsp3) is 0.0833. The van der Waals surface area contributed by atoms with E-state index in [2.05, 4.69) is 10.4 Å². The van der Waals surface area contributed by atoms with Gasteiger partial charge in [0.2, 0.25) is 0 Å². The van der Waals surface area contributed by atoms with Crippen molar-refractivity contribution in [1.29, 1.82) is 0 Å². The van der Waals surface area contributed by atoms with Gasteiger partial charge in [-0.1, -0.05) is 0 Å². The van der Waals surface area contributed by atoms with Crippen LogP contribution >= 0.6 is 0 Å². The van der Waals surface area contributed by atoms with Crippen molar-refractivity contribution in [3.8, 4) is 0 Å². The number of halogens is 1. The standard InChI is InChI=1S/C12H10FN3O3/c1-16-10(9(6-14-16)12(18)19)11(17)15-8-4-2-7(13)3-5-8/h2-6H,1H3,(H,15,17)(H,18,19). The molecule has 1 amide bonds. The van der Waals surface area contributed by atoms with E-state index in [1.54, 1.807) is 0 Å². The van der Waals surface area contributed by atoms with Crippen LogP contribution in [0.25, 0.3) is 0 Å². The lowest BCUT2D eigenvalue weighted by Crippen LogP contribution is -2.19. The van der Waals surface area contributed by atoms with Gasteiger partial charge < -0.3 is 10.4 Å². The molecule has 0 radical (unpaired) electrons. The maximum Gasteiger partial charge on any atom is 0.339 e. The van der Waals surface area contributed by atoms with Gasteiger partial charge in [0.25, 0.3) is 5.91 Å². The molecule has 1 heterocycles. The largest absolute Gasteiger partial charge is 0.478 e. The zero-order chi connectivity index (χ0) is 14.0. The highest BCUT2D eigenvalue weighted by Gasteiger charge is 2.21. The van der Waals surface area contributed by atoms with Crippen molar-refractivity contribution in [2.24, 2.45) is 7.05 Å². The average Bonchev–Trinajstić information content (AvgIpc) is 2.74. The van der Waals surface area contributed by atoms with Gasteiger partial charge in [0.15, 0.2) is 0 Å². The molecule has 0 saturated carbocycles. The number of carbonyl (C=O) groups is 2. The number of amides is 1. The first-order valence-corrected chi connectivity index (χ1v) is 5.31. The number of benzene rings is 1. The van der Waals surface area contributed by atoms with Crippen LogP contribution in [-0.2, 0) is 7.05 Å². The number of aromatic nitrogens is 2. The molecular weight excluding hydrogens is 253 g/mol. The number of rotatable bonds is 3. The Bertz CT molecular complexity index is 634. The molecule has 0 aliphatic carbocycles. The Hall–Kier alpha value is -2.70. The number of nitrogens with one attached hydrogen (secondary N) is 1. The van der Waals surface area contributed by atoms with Gasteiger partial charge in [-0.25, -0.2) is 9.18 Å². The molecule has 1 aromatic heterocycles. The van der Waals surface area contributed by atoms with Crippen molar-refractivity contribution >= 4 is 17.6 Å². The van der Waals surface area contributed by atoms with Crippen LogP contribution in [0.2, 0.25) is 0 Å². The number of nitrogens with zero attached hydrogens (tertiary/aromatic N) is 2. The minimum atomic E-state index is -1.24. The van der Waals surface area contributed by atoms with E-state index in [9.17, 15) is 14.0 Å². The summed E-state index contributed by atoms with van der Waals surface area (Å²) < 4.78 is 13.9. The molecular formula is C12H10FN3O3. The SMILES string of the molecule is Cn1ncc(C(=O)O)c1C(=O)Nc1ccc(F)cc1. The summed E-state index contributed by atoms with van der Waals surface area (Å²) in [6, 6.07) is 5.14. The van der Waals surface area contributed by atoms with Crippen molar-refractivity contribution in [3.63, 3.8) is 0 Å². The summed E-state index contributed by atoms with van der Waals surface area (Å²) in [6.07, 6.45) is 1.10. The van der Waals surface area contributed by atoms with Crippen LogP contribution in [0, 0.1) is 5.82 Å². The van der Waals surface area contributed by atoms with Crippen LogP contribution in [0.5, 0.6) is 0 Å². The molecule has 2 aromatic rings. The first-order chi connectivity index (χ1) is 8.99. The van der Waals surface area contributed by atoms with Gasteiger partial charge in [0, 0.05) is 12.7 Å². The Balaban J connectivity index is 2.27. The van der Waals surface area contributed by atoms with E-state index in [0.717, 1.165) is 6.20 Å². The Kier molecular flexibility index (Phi) is 3.28. The average molecular weight is 263 g/mol. The van der Waals surface area contributed by atoms with Crippen LogP contribution in [0.4, 0.5) is 10.1 Å². The van der Waals surface area contributed by atoms with Crippen molar-refractivity contribution in [2.45, 2.75) is 0 Å². The molecule has 98 valence electrons. The summed E-state index contributed by atoms with van der Waals surface area (Å²) in [7, 11) is 1.46. The van der Waals surface area contributed by atoms with Gasteiger partial charge in [-0.15, -0.1) is 0 Å². The minimum Gasteiger partial charge on any atom is -0.478 e. The van der Waals surface area contributed by atoms with Gasteiger partial charge in [0.1, 0.15) is 17.1 Å². The highest BCUT2D eigenvalue weighted by molar-refractivity contribution is 6.09. The first kappa shape index (κ1) is 12.7. The fourth-order valence-corrected chi connectivity index (χ4v) is 1.59. The van der Waals surface area contributed by atoms with Crippen LogP contribution < -0.4 is 5.32 Å². The zero-order valence-corrected chi connectivity index (χ0v) is 9.92. The third-order valence-electron chi connectivity index (χ3n) is 2.49. The number of hydrogen-bond donors (Lipinski definition) is 2. The summed E-state index contributed by atoms with van der Waals surface area (Å²) in [6.45, 7) is 0. The van der Waals surface area contributed by atoms with E-state index >= 15 is 0 Å². The Morgan fingerprint density at radius 1 is 1.32 bits per heavy atom. The van der Waals surface area contributed by atoms with Crippen LogP contribution in [0.1, 0.15) is 20.8 Å². The van der Waals surface area contributed by atoms with Gasteiger partial charge in [-0.3, -0.25) is 9.48 Å². The molecule has 2 N–H and O–H groups in total. The number of carboxylic acids is 1. The number of carboxylic acid groups (broad SMARTS) is 1. The summed E-state index contributed by atoms with van der Waals surface area (Å²) in [5, 5.41) is 15.2. The van der Waals surface area contributed by atoms with Gasteiger partial charge in [0.05, 0.1) is 6.20 Å². The predicted molar refractivity (Wildman–Crippen MR) is 64.5 cm³/mol. The molecule has 0 saturated heterocycles. The molecule has 0 aliphatic rings. The molecule has 1 aromatic carbocycles. The third kappa shape index (κ3) is 2.59. The number of carbonyl (C=O) groups excluding carboxylic acids is 1. The maximum absolute atomic E-state index is 12.7. The molecule has 0 spiro atoms. The van der Waals surface area contributed by atoms with Crippen molar-refractivity contribution in [3.05, 3.63) is 47.5 Å². The smallest absolute Gasteiger partial charge is 0.339 e. The molecule has 0 aliphatic heterocycles. The third-order valence-corrected chi connectivity index (χ3v) is 2.49. The quantitative estimate of drug-likeness (QED) is 0.879. The molecule has 0 atom stereocenters. The van der Waals surface area contributed by atoms with Gasteiger partial charge >= 0.3 is 5.97 Å². The van der Waals surface area contributed by atoms with Crippen LogP contribution in [-0.4, -0.2) is 26.8 Å².